The maximum absolute atomic E-state index is 13.6. The van der Waals surface area contributed by atoms with Crippen molar-refractivity contribution in [2.75, 3.05) is 0 Å². The van der Waals surface area contributed by atoms with Gasteiger partial charge in [0.25, 0.3) is 0 Å². The van der Waals surface area contributed by atoms with E-state index in [1.165, 1.54) is 165 Å². The standard InChI is InChI=1S/C33H31N2.C31H30FN2.C29H30FN2.3Ir/c1-23(2)30-21-29(26-13-9-6-10-14-26)22-31(24(3)4)32(30)35-20-19-34-33(35)28-17-15-27(16-18-28)25-11-7-5-8-12-25;32-27-16-14-25(15-17-27)31-33-18-19-34(31)30-28(23-10-4-5-11-23)20-26(22-8-2-1-3-9-22)21-29(30)24-12-6-7-13-24;1-20(2)16-25-18-24(22-8-6-5-7-9-22)19-26(17-21(3)4)28(25)32-15-14-31-29(32)23-10-12-27(30)13-11-23;;;/h5-17,19-24H,1-4H3;1-3,8-9,14,16-21,23-24H,4-7,10-13H2;5-10,12-15,18-21H,16-17H2,1-4H3;;;/q3*-1;;;. The molecule has 0 aliphatic heterocycles. The van der Waals surface area contributed by atoms with Crippen molar-refractivity contribution >= 4 is 0 Å². The first kappa shape index (κ1) is 78.2. The van der Waals surface area contributed by atoms with Crippen molar-refractivity contribution in [2.24, 2.45) is 11.8 Å². The third-order valence-electron chi connectivity index (χ3n) is 19.9. The number of nitrogens with zero attached hydrogens (tertiary/aromatic N) is 6. The fraction of sp³-hybridized carbons (Fsp3) is 0.258. The fourth-order valence-corrected chi connectivity index (χ4v) is 15.1. The van der Waals surface area contributed by atoms with E-state index in [1.807, 2.05) is 30.9 Å². The van der Waals surface area contributed by atoms with E-state index in [9.17, 15) is 8.78 Å². The maximum atomic E-state index is 13.6. The number of halogens is 2. The SMILES string of the molecule is CC(C)Cc1cc(-c2ccccc2)cc(CC(C)C)c1-n1ccnc1-c1[c-]cc(F)cc1.CC(C)c1cc(-c2ccccc2)cc(C(C)C)c1-n1ccnc1-c1[c-]cc(-c2ccccc2)cc1.Fc1c[c-]c(-c2nccn2-c2c(C3CCCC3)cc(-c3ccccc3)cc2C2CCCC2)cc1.[Ir].[Ir].[Ir]. The van der Waals surface area contributed by atoms with Gasteiger partial charge < -0.3 is 13.7 Å². The first-order valence-electron chi connectivity index (χ1n) is 36.4. The number of hydrogen-bond donors (Lipinski definition) is 0. The molecule has 0 atom stereocenters. The van der Waals surface area contributed by atoms with E-state index in [4.69, 9.17) is 9.97 Å². The Bertz CT molecular complexity index is 4740. The number of aromatic nitrogens is 6. The second-order valence-corrected chi connectivity index (χ2v) is 28.8. The number of rotatable bonds is 18. The molecule has 6 nitrogen and oxygen atoms in total. The molecule has 2 aliphatic rings. The van der Waals surface area contributed by atoms with Crippen molar-refractivity contribution < 1.29 is 69.1 Å². The van der Waals surface area contributed by atoms with E-state index in [1.54, 1.807) is 12.1 Å². The Hall–Kier alpha value is -8.36. The Kier molecular flexibility index (Phi) is 27.5. The molecule has 10 aromatic carbocycles. The van der Waals surface area contributed by atoms with Gasteiger partial charge >= 0.3 is 0 Å². The monoisotopic (exact) mass is 1910 g/mol. The molecule has 13 aromatic rings. The van der Waals surface area contributed by atoms with Crippen LogP contribution in [0, 0.1) is 41.7 Å². The van der Waals surface area contributed by atoms with Crippen molar-refractivity contribution in [3.8, 4) is 95.7 Å². The molecule has 15 rings (SSSR count). The summed E-state index contributed by atoms with van der Waals surface area (Å²) in [6.45, 7) is 18.1. The molecule has 0 saturated heterocycles. The van der Waals surface area contributed by atoms with Gasteiger partial charge in [0.2, 0.25) is 0 Å². The van der Waals surface area contributed by atoms with Crippen LogP contribution < -0.4 is 0 Å². The zero-order valence-corrected chi connectivity index (χ0v) is 67.8. The molecule has 2 saturated carbocycles. The van der Waals surface area contributed by atoms with Crippen LogP contribution in [0.5, 0.6) is 0 Å². The predicted molar refractivity (Wildman–Crippen MR) is 413 cm³/mol. The molecule has 537 valence electrons. The summed E-state index contributed by atoms with van der Waals surface area (Å²) in [6.07, 6.45) is 23.8. The average molecular weight is 1910 g/mol. The van der Waals surface area contributed by atoms with Crippen LogP contribution in [-0.4, -0.2) is 28.7 Å². The number of benzene rings is 10. The topological polar surface area (TPSA) is 53.5 Å². The van der Waals surface area contributed by atoms with Crippen molar-refractivity contribution in [1.29, 1.82) is 0 Å². The normalized spacial score (nSPS) is 12.9. The minimum atomic E-state index is -0.292. The maximum Gasteiger partial charge on any atom is 0.0602 e. The first-order valence-corrected chi connectivity index (χ1v) is 36.4. The fourth-order valence-electron chi connectivity index (χ4n) is 15.1. The van der Waals surface area contributed by atoms with Crippen molar-refractivity contribution in [3.63, 3.8) is 0 Å². The van der Waals surface area contributed by atoms with Gasteiger partial charge in [-0.05, 0) is 177 Å². The van der Waals surface area contributed by atoms with Crippen LogP contribution in [0.2, 0.25) is 0 Å². The minimum Gasteiger partial charge on any atom is -0.340 e. The summed E-state index contributed by atoms with van der Waals surface area (Å²) in [5.74, 6) is 4.85. The van der Waals surface area contributed by atoms with E-state index in [-0.39, 0.29) is 72.0 Å². The molecule has 3 heterocycles. The zero-order valence-electron chi connectivity index (χ0n) is 60.6. The van der Waals surface area contributed by atoms with E-state index in [0.29, 0.717) is 35.5 Å². The molecule has 0 N–H and O–H groups in total. The summed E-state index contributed by atoms with van der Waals surface area (Å²) in [5, 5.41) is 0. The third-order valence-corrected chi connectivity index (χ3v) is 19.9. The summed E-state index contributed by atoms with van der Waals surface area (Å²) >= 11 is 0. The molecular weight excluding hydrogens is 1820 g/mol. The summed E-state index contributed by atoms with van der Waals surface area (Å²) in [4.78, 5) is 14.1. The Balaban J connectivity index is 0.000000165. The van der Waals surface area contributed by atoms with Gasteiger partial charge in [0.15, 0.2) is 0 Å². The van der Waals surface area contributed by atoms with Crippen LogP contribution >= 0.6 is 0 Å². The van der Waals surface area contributed by atoms with E-state index >= 15 is 0 Å². The summed E-state index contributed by atoms with van der Waals surface area (Å²) < 4.78 is 33.8. The third kappa shape index (κ3) is 18.3. The van der Waals surface area contributed by atoms with Gasteiger partial charge in [-0.25, -0.2) is 0 Å². The first-order chi connectivity index (χ1) is 49.2. The number of hydrogen-bond acceptors (Lipinski definition) is 3. The Morgan fingerprint density at radius 3 is 1.02 bits per heavy atom. The van der Waals surface area contributed by atoms with Crippen LogP contribution in [-0.2, 0) is 73.2 Å². The smallest absolute Gasteiger partial charge is 0.0602 e. The molecule has 0 amide bonds. The Labute approximate surface area is 656 Å². The van der Waals surface area contributed by atoms with Crippen molar-refractivity contribution in [3.05, 3.63) is 313 Å². The van der Waals surface area contributed by atoms with E-state index in [0.717, 1.165) is 52.6 Å². The van der Waals surface area contributed by atoms with Gasteiger partial charge in [-0.2, -0.15) is 0 Å². The van der Waals surface area contributed by atoms with Gasteiger partial charge in [0.1, 0.15) is 0 Å². The van der Waals surface area contributed by atoms with Gasteiger partial charge in [0.05, 0.1) is 17.5 Å². The zero-order chi connectivity index (χ0) is 69.9. The molecule has 3 aromatic heterocycles. The molecule has 2 aliphatic carbocycles. The van der Waals surface area contributed by atoms with Crippen LogP contribution in [0.15, 0.2) is 250 Å². The molecule has 0 bridgehead atoms. The molecule has 3 radical (unpaired) electrons. The number of imidazole rings is 3. The summed E-state index contributed by atoms with van der Waals surface area (Å²) in [7, 11) is 0. The Morgan fingerprint density at radius 2 is 0.683 bits per heavy atom. The van der Waals surface area contributed by atoms with Crippen LogP contribution in [0.4, 0.5) is 8.78 Å². The molecular formula is C93H91F2Ir3N6-3. The molecule has 11 heteroatoms. The van der Waals surface area contributed by atoms with E-state index in [2.05, 4.69) is 275 Å². The minimum absolute atomic E-state index is 0. The second kappa shape index (κ2) is 36.6. The van der Waals surface area contributed by atoms with Crippen molar-refractivity contribution in [1.82, 2.24) is 28.7 Å². The molecule has 0 unspecified atom stereocenters. The van der Waals surface area contributed by atoms with Gasteiger partial charge in [-0.1, -0.05) is 214 Å². The largest absolute Gasteiger partial charge is 0.340 e. The summed E-state index contributed by atoms with van der Waals surface area (Å²) in [6, 6.07) is 82.0. The van der Waals surface area contributed by atoms with Crippen LogP contribution in [0.1, 0.15) is 164 Å². The van der Waals surface area contributed by atoms with Crippen molar-refractivity contribution in [2.45, 2.75) is 143 Å². The van der Waals surface area contributed by atoms with Gasteiger partial charge in [-0.15, -0.1) is 89.5 Å². The molecule has 2 fully saturated rings. The molecule has 104 heavy (non-hydrogen) atoms. The van der Waals surface area contributed by atoms with Gasteiger partial charge in [0, 0.05) is 126 Å². The molecule has 0 spiro atoms. The van der Waals surface area contributed by atoms with Crippen LogP contribution in [0.25, 0.3) is 95.7 Å². The Morgan fingerprint density at radius 1 is 0.356 bits per heavy atom. The predicted octanol–water partition coefficient (Wildman–Crippen LogP) is 24.9. The summed E-state index contributed by atoms with van der Waals surface area (Å²) in [5.41, 5.74) is 24.4. The van der Waals surface area contributed by atoms with E-state index < -0.39 is 0 Å². The average Bonchev–Trinajstić information content (AvgIpc) is 1.02. The van der Waals surface area contributed by atoms with Gasteiger partial charge in [-0.3, -0.25) is 23.7 Å². The second-order valence-electron chi connectivity index (χ2n) is 28.8. The van der Waals surface area contributed by atoms with Crippen LogP contribution in [0.3, 0.4) is 0 Å². The quantitative estimate of drug-likeness (QED) is 0.0805.